The second-order valence-electron chi connectivity index (χ2n) is 6.22. The van der Waals surface area contributed by atoms with Gasteiger partial charge in [-0.3, -0.25) is 0 Å². The Balaban J connectivity index is 2.22. The van der Waals surface area contributed by atoms with Gasteiger partial charge in [0.1, 0.15) is 5.75 Å². The van der Waals surface area contributed by atoms with E-state index in [0.717, 1.165) is 25.2 Å². The smallest absolute Gasteiger partial charge is 0.122 e. The van der Waals surface area contributed by atoms with Gasteiger partial charge in [-0.1, -0.05) is 13.8 Å². The molecule has 0 spiro atoms. The molecule has 2 heteroatoms. The fourth-order valence-corrected chi connectivity index (χ4v) is 3.13. The Morgan fingerprint density at radius 2 is 1.90 bits per heavy atom. The van der Waals surface area contributed by atoms with Gasteiger partial charge in [-0.2, -0.15) is 0 Å². The van der Waals surface area contributed by atoms with E-state index in [-0.39, 0.29) is 0 Å². The van der Waals surface area contributed by atoms with Crippen LogP contribution in [-0.2, 0) is 4.74 Å². The van der Waals surface area contributed by atoms with Crippen LogP contribution in [-0.4, -0.2) is 18.8 Å². The number of ether oxygens (including phenoxy) is 2. The van der Waals surface area contributed by atoms with Crippen molar-refractivity contribution < 1.29 is 9.47 Å². The van der Waals surface area contributed by atoms with Crippen LogP contribution in [0.4, 0.5) is 0 Å². The zero-order valence-corrected chi connectivity index (χ0v) is 13.7. The van der Waals surface area contributed by atoms with Crippen molar-refractivity contribution in [1.29, 1.82) is 0 Å². The van der Waals surface area contributed by atoms with Gasteiger partial charge in [-0.25, -0.2) is 0 Å². The standard InChI is InChI=1S/C18H28O2/c1-7-8-19-16-9-11(2)18(14(5)13(16)4)12(3)10-17-15(6)20-17/h9,12,15,17H,7-8,10H2,1-6H3. The van der Waals surface area contributed by atoms with Gasteiger partial charge >= 0.3 is 0 Å². The molecule has 1 aliphatic heterocycles. The maximum absolute atomic E-state index is 5.87. The quantitative estimate of drug-likeness (QED) is 0.704. The summed E-state index contributed by atoms with van der Waals surface area (Å²) in [6, 6.07) is 2.21. The number of rotatable bonds is 6. The first-order chi connectivity index (χ1) is 9.45. The molecule has 112 valence electrons. The summed E-state index contributed by atoms with van der Waals surface area (Å²) in [6.07, 6.45) is 3.08. The van der Waals surface area contributed by atoms with Crippen LogP contribution < -0.4 is 4.74 Å². The molecule has 0 radical (unpaired) electrons. The highest BCUT2D eigenvalue weighted by atomic mass is 16.6. The predicted octanol–water partition coefficient (Wildman–Crippen LogP) is 4.68. The molecule has 0 N–H and O–H groups in total. The molecule has 0 saturated carbocycles. The maximum atomic E-state index is 5.87. The molecule has 2 nitrogen and oxygen atoms in total. The van der Waals surface area contributed by atoms with E-state index < -0.39 is 0 Å². The molecule has 1 aromatic rings. The van der Waals surface area contributed by atoms with Gasteiger partial charge in [0.2, 0.25) is 0 Å². The highest BCUT2D eigenvalue weighted by molar-refractivity contribution is 5.49. The van der Waals surface area contributed by atoms with Crippen LogP contribution in [0.25, 0.3) is 0 Å². The third-order valence-corrected chi connectivity index (χ3v) is 4.49. The molecule has 1 fully saturated rings. The summed E-state index contributed by atoms with van der Waals surface area (Å²) in [5, 5.41) is 0. The van der Waals surface area contributed by atoms with Crippen molar-refractivity contribution in [2.75, 3.05) is 6.61 Å². The first kappa shape index (κ1) is 15.4. The van der Waals surface area contributed by atoms with Gasteiger partial charge in [0.05, 0.1) is 18.8 Å². The Labute approximate surface area is 123 Å². The van der Waals surface area contributed by atoms with Crippen LogP contribution in [0.5, 0.6) is 5.75 Å². The van der Waals surface area contributed by atoms with E-state index in [1.807, 2.05) is 0 Å². The van der Waals surface area contributed by atoms with E-state index in [0.29, 0.717) is 18.1 Å². The minimum Gasteiger partial charge on any atom is -0.493 e. The van der Waals surface area contributed by atoms with Gasteiger partial charge in [0.15, 0.2) is 0 Å². The third-order valence-electron chi connectivity index (χ3n) is 4.49. The zero-order valence-electron chi connectivity index (χ0n) is 13.7. The van der Waals surface area contributed by atoms with E-state index in [1.54, 1.807) is 0 Å². The molecule has 1 saturated heterocycles. The number of epoxide rings is 1. The van der Waals surface area contributed by atoms with Crippen LogP contribution in [0.2, 0.25) is 0 Å². The highest BCUT2D eigenvalue weighted by Crippen LogP contribution is 2.37. The van der Waals surface area contributed by atoms with Gasteiger partial charge in [0, 0.05) is 0 Å². The number of hydrogen-bond acceptors (Lipinski definition) is 2. The Bertz CT molecular complexity index is 479. The number of aryl methyl sites for hydroxylation is 1. The first-order valence-corrected chi connectivity index (χ1v) is 7.84. The molecule has 1 aromatic carbocycles. The van der Waals surface area contributed by atoms with Crippen molar-refractivity contribution in [3.05, 3.63) is 28.3 Å². The Morgan fingerprint density at radius 3 is 2.45 bits per heavy atom. The summed E-state index contributed by atoms with van der Waals surface area (Å²) >= 11 is 0. The lowest BCUT2D eigenvalue weighted by Gasteiger charge is -2.21. The monoisotopic (exact) mass is 276 g/mol. The van der Waals surface area contributed by atoms with Crippen molar-refractivity contribution in [2.45, 2.75) is 72.5 Å². The van der Waals surface area contributed by atoms with Crippen molar-refractivity contribution >= 4 is 0 Å². The summed E-state index contributed by atoms with van der Waals surface area (Å²) in [5.41, 5.74) is 5.50. The van der Waals surface area contributed by atoms with Gasteiger partial charge < -0.3 is 9.47 Å². The average molecular weight is 276 g/mol. The third kappa shape index (κ3) is 3.17. The van der Waals surface area contributed by atoms with E-state index in [1.165, 1.54) is 22.3 Å². The fourth-order valence-electron chi connectivity index (χ4n) is 3.13. The SMILES string of the molecule is CCCOc1cc(C)c(C(C)CC2OC2C)c(C)c1C. The molecule has 0 amide bonds. The number of benzene rings is 1. The van der Waals surface area contributed by atoms with Crippen LogP contribution in [0, 0.1) is 20.8 Å². The Kier molecular flexibility index (Phi) is 4.74. The lowest BCUT2D eigenvalue weighted by Crippen LogP contribution is -2.07. The maximum Gasteiger partial charge on any atom is 0.122 e. The molecule has 0 bridgehead atoms. The lowest BCUT2D eigenvalue weighted by molar-refractivity contribution is 0.314. The topological polar surface area (TPSA) is 21.8 Å². The molecule has 0 aromatic heterocycles. The molecule has 2 rings (SSSR count). The van der Waals surface area contributed by atoms with E-state index in [9.17, 15) is 0 Å². The van der Waals surface area contributed by atoms with Crippen LogP contribution >= 0.6 is 0 Å². The van der Waals surface area contributed by atoms with Gasteiger partial charge in [-0.05, 0) is 74.8 Å². The van der Waals surface area contributed by atoms with E-state index >= 15 is 0 Å². The Morgan fingerprint density at radius 1 is 1.25 bits per heavy atom. The molecule has 1 aliphatic rings. The molecular weight excluding hydrogens is 248 g/mol. The zero-order chi connectivity index (χ0) is 14.9. The number of hydrogen-bond donors (Lipinski definition) is 0. The van der Waals surface area contributed by atoms with Crippen LogP contribution in [0.15, 0.2) is 6.07 Å². The van der Waals surface area contributed by atoms with Crippen molar-refractivity contribution in [1.82, 2.24) is 0 Å². The molecule has 3 unspecified atom stereocenters. The molecule has 1 heterocycles. The summed E-state index contributed by atoms with van der Waals surface area (Å²) in [5.74, 6) is 1.60. The second kappa shape index (κ2) is 6.17. The molecule has 20 heavy (non-hydrogen) atoms. The molecule has 0 aliphatic carbocycles. The summed E-state index contributed by atoms with van der Waals surface area (Å²) in [6.45, 7) is 14.0. The lowest BCUT2D eigenvalue weighted by atomic mass is 9.86. The van der Waals surface area contributed by atoms with Crippen molar-refractivity contribution in [3.63, 3.8) is 0 Å². The summed E-state index contributed by atoms with van der Waals surface area (Å²) in [7, 11) is 0. The van der Waals surface area contributed by atoms with E-state index in [2.05, 4.69) is 47.6 Å². The molecule has 3 atom stereocenters. The van der Waals surface area contributed by atoms with Crippen LogP contribution in [0.3, 0.4) is 0 Å². The summed E-state index contributed by atoms with van der Waals surface area (Å²) in [4.78, 5) is 0. The predicted molar refractivity (Wildman–Crippen MR) is 83.8 cm³/mol. The minimum absolute atomic E-state index is 0.450. The van der Waals surface area contributed by atoms with Crippen molar-refractivity contribution in [3.8, 4) is 5.75 Å². The van der Waals surface area contributed by atoms with Gasteiger partial charge in [-0.15, -0.1) is 0 Å². The second-order valence-corrected chi connectivity index (χ2v) is 6.22. The van der Waals surface area contributed by atoms with Crippen LogP contribution in [0.1, 0.15) is 61.8 Å². The van der Waals surface area contributed by atoms with E-state index in [4.69, 9.17) is 9.47 Å². The normalized spacial score (nSPS) is 22.7. The highest BCUT2D eigenvalue weighted by Gasteiger charge is 2.35. The molecular formula is C18H28O2. The fraction of sp³-hybridized carbons (Fsp3) is 0.667. The van der Waals surface area contributed by atoms with Crippen molar-refractivity contribution in [2.24, 2.45) is 0 Å². The largest absolute Gasteiger partial charge is 0.493 e. The minimum atomic E-state index is 0.450. The summed E-state index contributed by atoms with van der Waals surface area (Å²) < 4.78 is 11.4. The average Bonchev–Trinajstić information content (AvgIpc) is 3.07. The Hall–Kier alpha value is -1.02. The first-order valence-electron chi connectivity index (χ1n) is 7.84. The van der Waals surface area contributed by atoms with Gasteiger partial charge in [0.25, 0.3) is 0 Å².